The van der Waals surface area contributed by atoms with Gasteiger partial charge >= 0.3 is 13.7 Å². The molecule has 72 valence electrons. The van der Waals surface area contributed by atoms with Crippen LogP contribution in [0.3, 0.4) is 0 Å². The molecular weight excluding hydrogens is 181 g/mol. The van der Waals surface area contributed by atoms with Crippen LogP contribution in [0.25, 0.3) is 0 Å². The van der Waals surface area contributed by atoms with E-state index in [1.807, 2.05) is 0 Å². The summed E-state index contributed by atoms with van der Waals surface area (Å²) >= 11 is 0. The Bertz CT molecular complexity index is 218. The zero-order chi connectivity index (χ0) is 9.94. The Morgan fingerprint density at radius 3 is 1.92 bits per heavy atom. The minimum Gasteiger partial charge on any atom is -0.351 e. The average molecular weight is 195 g/mol. The van der Waals surface area contributed by atoms with Crippen molar-refractivity contribution in [1.82, 2.24) is 9.34 Å². The van der Waals surface area contributed by atoms with Crippen LogP contribution in [0.2, 0.25) is 0 Å². The quantitative estimate of drug-likeness (QED) is 0.657. The number of hydrogen-bond acceptors (Lipinski definition) is 3. The molecule has 0 aromatic carbocycles. The highest BCUT2D eigenvalue weighted by atomic mass is 31.2. The minimum atomic E-state index is -3.23. The Labute approximate surface area is 71.8 Å². The van der Waals surface area contributed by atoms with Gasteiger partial charge in [0.25, 0.3) is 0 Å². The van der Waals surface area contributed by atoms with Gasteiger partial charge in [0.1, 0.15) is 0 Å². The molecule has 0 saturated heterocycles. The van der Waals surface area contributed by atoms with Crippen LogP contribution in [-0.4, -0.2) is 43.6 Å². The lowest BCUT2D eigenvalue weighted by atomic mass is 11.0. The fraction of sp³-hybridized carbons (Fsp3) is 0.800. The molecule has 6 nitrogen and oxygen atoms in total. The van der Waals surface area contributed by atoms with E-state index in [4.69, 9.17) is 10.3 Å². The maximum absolute atomic E-state index is 11.8. The van der Waals surface area contributed by atoms with Crippen LogP contribution in [0.15, 0.2) is 0 Å². The lowest BCUT2D eigenvalue weighted by Gasteiger charge is -2.29. The van der Waals surface area contributed by atoms with Crippen LogP contribution in [0, 0.1) is 0 Å². The van der Waals surface area contributed by atoms with Crippen molar-refractivity contribution in [1.29, 1.82) is 0 Å². The lowest BCUT2D eigenvalue weighted by Crippen LogP contribution is -2.34. The predicted molar refractivity (Wildman–Crippen MR) is 45.6 cm³/mol. The van der Waals surface area contributed by atoms with Crippen LogP contribution >= 0.6 is 7.67 Å². The third-order valence-electron chi connectivity index (χ3n) is 1.44. The second-order valence-electron chi connectivity index (χ2n) is 2.38. The average Bonchev–Trinajstić information content (AvgIpc) is 2.01. The van der Waals surface area contributed by atoms with Crippen LogP contribution < -0.4 is 5.73 Å². The van der Waals surface area contributed by atoms with Crippen molar-refractivity contribution >= 4 is 13.7 Å². The van der Waals surface area contributed by atoms with E-state index in [9.17, 15) is 9.36 Å². The molecule has 1 atom stereocenters. The van der Waals surface area contributed by atoms with Gasteiger partial charge in [-0.05, 0) is 14.1 Å². The topological polar surface area (TPSA) is 75.9 Å². The standard InChI is InChI=1S/C5H14N3O3P/c1-7(2)12(10,11-4)8(3)5(6)9/h1-4H3,(H2,6,9). The molecule has 2 amide bonds. The Balaban J connectivity index is 4.76. The molecule has 2 N–H and O–H groups in total. The minimum absolute atomic E-state index is 0.783. The van der Waals surface area contributed by atoms with Gasteiger partial charge in [0.2, 0.25) is 0 Å². The van der Waals surface area contributed by atoms with E-state index >= 15 is 0 Å². The summed E-state index contributed by atoms with van der Waals surface area (Å²) in [5.41, 5.74) is 4.94. The van der Waals surface area contributed by atoms with Gasteiger partial charge in [-0.15, -0.1) is 0 Å². The summed E-state index contributed by atoms with van der Waals surface area (Å²) < 4.78 is 18.7. The van der Waals surface area contributed by atoms with Gasteiger partial charge < -0.3 is 10.3 Å². The molecule has 0 aliphatic carbocycles. The van der Waals surface area contributed by atoms with Gasteiger partial charge in [0.05, 0.1) is 0 Å². The summed E-state index contributed by atoms with van der Waals surface area (Å²) in [5.74, 6) is 0. The number of carbonyl (C=O) groups is 1. The number of nitrogens with two attached hydrogens (primary N) is 1. The number of rotatable bonds is 3. The smallest absolute Gasteiger partial charge is 0.351 e. The fourth-order valence-corrected chi connectivity index (χ4v) is 2.04. The van der Waals surface area contributed by atoms with Crippen molar-refractivity contribution in [2.45, 2.75) is 0 Å². The largest absolute Gasteiger partial charge is 0.373 e. The van der Waals surface area contributed by atoms with E-state index in [0.717, 1.165) is 4.67 Å². The Kier molecular flexibility index (Phi) is 3.70. The molecule has 7 heteroatoms. The second kappa shape index (κ2) is 3.89. The molecule has 0 radical (unpaired) electrons. The normalized spacial score (nSPS) is 15.8. The summed E-state index contributed by atoms with van der Waals surface area (Å²) in [4.78, 5) is 10.7. The van der Waals surface area contributed by atoms with Gasteiger partial charge in [-0.25, -0.2) is 18.7 Å². The SMILES string of the molecule is COP(=O)(N(C)C)N(C)C(N)=O. The zero-order valence-electron chi connectivity index (χ0n) is 7.64. The number of primary amides is 1. The molecule has 1 unspecified atom stereocenters. The van der Waals surface area contributed by atoms with E-state index in [1.54, 1.807) is 14.1 Å². The molecule has 0 aromatic heterocycles. The third kappa shape index (κ3) is 1.97. The van der Waals surface area contributed by atoms with Crippen LogP contribution in [0.4, 0.5) is 4.79 Å². The molecule has 0 aromatic rings. The molecule has 0 fully saturated rings. The third-order valence-corrected chi connectivity index (χ3v) is 3.88. The second-order valence-corrected chi connectivity index (χ2v) is 5.13. The maximum atomic E-state index is 11.8. The summed E-state index contributed by atoms with van der Waals surface area (Å²) in [6.07, 6.45) is 0. The predicted octanol–water partition coefficient (Wildman–Crippen LogP) is 0.313. The first-order chi connectivity index (χ1) is 5.36. The van der Waals surface area contributed by atoms with Crippen LogP contribution in [0.5, 0.6) is 0 Å². The van der Waals surface area contributed by atoms with Crippen molar-refractivity contribution in [2.24, 2.45) is 5.73 Å². The Morgan fingerprint density at radius 1 is 1.42 bits per heavy atom. The number of carbonyl (C=O) groups excluding carboxylic acids is 1. The highest BCUT2D eigenvalue weighted by Crippen LogP contribution is 2.50. The van der Waals surface area contributed by atoms with E-state index in [-0.39, 0.29) is 0 Å². The number of nitrogens with zero attached hydrogens (tertiary/aromatic N) is 2. The van der Waals surface area contributed by atoms with Crippen LogP contribution in [0.1, 0.15) is 0 Å². The maximum Gasteiger partial charge on any atom is 0.373 e. The summed E-state index contributed by atoms with van der Waals surface area (Å²) in [6.45, 7) is 0. The van der Waals surface area contributed by atoms with Crippen LogP contribution in [-0.2, 0) is 9.09 Å². The zero-order valence-corrected chi connectivity index (χ0v) is 8.54. The lowest BCUT2D eigenvalue weighted by molar-refractivity contribution is 0.224. The Hall–Kier alpha value is -0.580. The number of hydrogen-bond donors (Lipinski definition) is 1. The van der Waals surface area contributed by atoms with Crippen molar-refractivity contribution in [2.75, 3.05) is 28.3 Å². The van der Waals surface area contributed by atoms with Crippen molar-refractivity contribution in [3.8, 4) is 0 Å². The highest BCUT2D eigenvalue weighted by molar-refractivity contribution is 7.54. The first-order valence-corrected chi connectivity index (χ1v) is 4.76. The van der Waals surface area contributed by atoms with E-state index < -0.39 is 13.7 Å². The molecule has 0 spiro atoms. The summed E-state index contributed by atoms with van der Waals surface area (Å²) in [6, 6.07) is -0.783. The summed E-state index contributed by atoms with van der Waals surface area (Å²) in [5, 5.41) is 0. The molecule has 0 bridgehead atoms. The van der Waals surface area contributed by atoms with Gasteiger partial charge in [0, 0.05) is 14.2 Å². The Morgan fingerprint density at radius 2 is 1.83 bits per heavy atom. The summed E-state index contributed by atoms with van der Waals surface area (Å²) in [7, 11) is 2.45. The number of urea groups is 1. The van der Waals surface area contributed by atoms with Gasteiger partial charge in [0.15, 0.2) is 0 Å². The van der Waals surface area contributed by atoms with Gasteiger partial charge in [-0.1, -0.05) is 0 Å². The molecule has 12 heavy (non-hydrogen) atoms. The highest BCUT2D eigenvalue weighted by Gasteiger charge is 2.33. The first kappa shape index (κ1) is 11.4. The van der Waals surface area contributed by atoms with E-state index in [1.165, 1.54) is 18.8 Å². The van der Waals surface area contributed by atoms with E-state index in [0.29, 0.717) is 0 Å². The van der Waals surface area contributed by atoms with Crippen molar-refractivity contribution in [3.63, 3.8) is 0 Å². The monoisotopic (exact) mass is 195 g/mol. The van der Waals surface area contributed by atoms with Crippen molar-refractivity contribution < 1.29 is 13.9 Å². The van der Waals surface area contributed by atoms with Gasteiger partial charge in [-0.3, -0.25) is 0 Å². The molecule has 0 aliphatic rings. The molecule has 0 aliphatic heterocycles. The van der Waals surface area contributed by atoms with Crippen molar-refractivity contribution in [3.05, 3.63) is 0 Å². The van der Waals surface area contributed by atoms with E-state index in [2.05, 4.69) is 0 Å². The molecule has 0 heterocycles. The first-order valence-electron chi connectivity index (χ1n) is 3.23. The molecule has 0 saturated carbocycles. The fourth-order valence-electron chi connectivity index (χ4n) is 0.679. The molecule has 0 rings (SSSR count). The van der Waals surface area contributed by atoms with Gasteiger partial charge in [-0.2, -0.15) is 0 Å². The molecular formula is C5H14N3O3P. The number of amides is 2.